The molecule has 1 aromatic rings. The lowest BCUT2D eigenvalue weighted by Gasteiger charge is -2.29. The van der Waals surface area contributed by atoms with E-state index in [1.165, 1.54) is 62.1 Å². The van der Waals surface area contributed by atoms with Crippen molar-refractivity contribution in [2.45, 2.75) is 70.8 Å². The van der Waals surface area contributed by atoms with Gasteiger partial charge in [0.05, 0.1) is 11.2 Å². The van der Waals surface area contributed by atoms with Crippen molar-refractivity contribution in [3.05, 3.63) is 15.6 Å². The number of thiazole rings is 1. The van der Waals surface area contributed by atoms with E-state index >= 15 is 0 Å². The number of hydrogen-bond acceptors (Lipinski definition) is 3. The fourth-order valence-electron chi connectivity index (χ4n) is 3.12. The van der Waals surface area contributed by atoms with Gasteiger partial charge in [-0.25, -0.2) is 4.98 Å². The highest BCUT2D eigenvalue weighted by atomic mass is 32.1. The Hall–Kier alpha value is -0.410. The Bertz CT molecular complexity index is 412. The molecule has 1 atom stereocenters. The van der Waals surface area contributed by atoms with E-state index < -0.39 is 0 Å². The molecule has 0 aliphatic heterocycles. The van der Waals surface area contributed by atoms with Crippen LogP contribution in [0, 0.1) is 5.92 Å². The van der Waals surface area contributed by atoms with Crippen LogP contribution < -0.4 is 5.32 Å². The smallest absolute Gasteiger partial charge is 0.113 e. The first kappa shape index (κ1) is 13.6. The van der Waals surface area contributed by atoms with Crippen LogP contribution in [0.25, 0.3) is 0 Å². The minimum atomic E-state index is 0.124. The van der Waals surface area contributed by atoms with Gasteiger partial charge < -0.3 is 5.32 Å². The maximum Gasteiger partial charge on any atom is 0.113 e. The highest BCUT2D eigenvalue weighted by molar-refractivity contribution is 7.11. The van der Waals surface area contributed by atoms with E-state index in [9.17, 15) is 0 Å². The first-order valence-electron chi connectivity index (χ1n) is 7.95. The topological polar surface area (TPSA) is 24.9 Å². The van der Waals surface area contributed by atoms with Crippen molar-refractivity contribution in [1.29, 1.82) is 0 Å². The highest BCUT2D eigenvalue weighted by Gasteiger charge is 2.37. The normalized spacial score (nSPS) is 22.0. The largest absolute Gasteiger partial charge is 0.306 e. The van der Waals surface area contributed by atoms with Crippen LogP contribution in [0.3, 0.4) is 0 Å². The second kappa shape index (κ2) is 5.53. The summed E-state index contributed by atoms with van der Waals surface area (Å²) in [5, 5.41) is 5.15. The Morgan fingerprint density at radius 2 is 2.11 bits per heavy atom. The molecule has 19 heavy (non-hydrogen) atoms. The molecule has 0 radical (unpaired) electrons. The Balaban J connectivity index is 1.82. The van der Waals surface area contributed by atoms with E-state index in [1.54, 1.807) is 4.88 Å². The quantitative estimate of drug-likeness (QED) is 0.849. The standard InChI is InChI=1S/C16H26N2S/c1-3-10-17-16(2,11-12-8-9-12)15-18-13-6-4-5-7-14(13)19-15/h12,17H,3-11H2,1-2H3. The van der Waals surface area contributed by atoms with E-state index in [1.807, 2.05) is 11.3 Å². The fraction of sp³-hybridized carbons (Fsp3) is 0.812. The average molecular weight is 278 g/mol. The van der Waals surface area contributed by atoms with Gasteiger partial charge in [0.15, 0.2) is 0 Å². The summed E-state index contributed by atoms with van der Waals surface area (Å²) in [7, 11) is 0. The summed E-state index contributed by atoms with van der Waals surface area (Å²) in [6, 6.07) is 0. The van der Waals surface area contributed by atoms with Gasteiger partial charge in [-0.15, -0.1) is 11.3 Å². The van der Waals surface area contributed by atoms with Crippen LogP contribution in [-0.2, 0) is 18.4 Å². The van der Waals surface area contributed by atoms with Gasteiger partial charge >= 0.3 is 0 Å². The van der Waals surface area contributed by atoms with E-state index in [0.29, 0.717) is 0 Å². The molecule has 2 nitrogen and oxygen atoms in total. The van der Waals surface area contributed by atoms with Gasteiger partial charge in [-0.3, -0.25) is 0 Å². The SMILES string of the molecule is CCCNC(C)(CC1CC1)c1nc2c(s1)CCCC2. The van der Waals surface area contributed by atoms with Crippen LogP contribution in [0.1, 0.15) is 68.0 Å². The summed E-state index contributed by atoms with van der Waals surface area (Å²) in [6.45, 7) is 5.73. The van der Waals surface area contributed by atoms with Crippen LogP contribution in [0.5, 0.6) is 0 Å². The van der Waals surface area contributed by atoms with Gasteiger partial charge in [-0.2, -0.15) is 0 Å². The Kier molecular flexibility index (Phi) is 3.95. The molecular weight excluding hydrogens is 252 g/mol. The fourth-order valence-corrected chi connectivity index (χ4v) is 4.41. The molecule has 0 aromatic carbocycles. The molecule has 1 aromatic heterocycles. The minimum Gasteiger partial charge on any atom is -0.306 e. The van der Waals surface area contributed by atoms with E-state index in [0.717, 1.165) is 12.5 Å². The summed E-state index contributed by atoms with van der Waals surface area (Å²) in [5.41, 5.74) is 1.53. The zero-order chi connectivity index (χ0) is 13.3. The number of aryl methyl sites for hydroxylation is 2. The van der Waals surface area contributed by atoms with Crippen LogP contribution in [0.4, 0.5) is 0 Å². The first-order chi connectivity index (χ1) is 9.21. The molecule has 2 aliphatic rings. The maximum atomic E-state index is 5.01. The average Bonchev–Trinajstić information content (AvgIpc) is 3.10. The second-order valence-corrected chi connectivity index (χ2v) is 7.59. The third-order valence-corrected chi connectivity index (χ3v) is 5.90. The van der Waals surface area contributed by atoms with Gasteiger partial charge in [-0.05, 0) is 57.9 Å². The number of nitrogens with zero attached hydrogens (tertiary/aromatic N) is 1. The molecular formula is C16H26N2S. The van der Waals surface area contributed by atoms with Crippen LogP contribution in [-0.4, -0.2) is 11.5 Å². The van der Waals surface area contributed by atoms with Gasteiger partial charge in [0.25, 0.3) is 0 Å². The van der Waals surface area contributed by atoms with Gasteiger partial charge in [0, 0.05) is 4.88 Å². The number of aromatic nitrogens is 1. The predicted molar refractivity (Wildman–Crippen MR) is 81.7 cm³/mol. The molecule has 106 valence electrons. The molecule has 0 bridgehead atoms. The van der Waals surface area contributed by atoms with Crippen LogP contribution in [0.2, 0.25) is 0 Å². The van der Waals surface area contributed by atoms with Crippen LogP contribution in [0.15, 0.2) is 0 Å². The molecule has 0 saturated heterocycles. The molecule has 1 unspecified atom stereocenters. The lowest BCUT2D eigenvalue weighted by molar-refractivity contribution is 0.321. The van der Waals surface area contributed by atoms with Crippen molar-refractivity contribution >= 4 is 11.3 Å². The molecule has 3 heteroatoms. The number of fused-ring (bicyclic) bond motifs is 1. The zero-order valence-electron chi connectivity index (χ0n) is 12.3. The molecule has 0 spiro atoms. The third kappa shape index (κ3) is 3.03. The van der Waals surface area contributed by atoms with Crippen molar-refractivity contribution in [3.8, 4) is 0 Å². The van der Waals surface area contributed by atoms with Gasteiger partial charge in [-0.1, -0.05) is 19.8 Å². The summed E-state index contributed by atoms with van der Waals surface area (Å²) in [6.07, 6.45) is 10.5. The zero-order valence-corrected chi connectivity index (χ0v) is 13.1. The molecule has 1 N–H and O–H groups in total. The van der Waals surface area contributed by atoms with Gasteiger partial charge in [0.1, 0.15) is 5.01 Å². The van der Waals surface area contributed by atoms with Crippen molar-refractivity contribution in [3.63, 3.8) is 0 Å². The molecule has 1 saturated carbocycles. The van der Waals surface area contributed by atoms with Crippen molar-refractivity contribution in [2.75, 3.05) is 6.54 Å². The molecule has 0 amide bonds. The third-order valence-electron chi connectivity index (χ3n) is 4.48. The maximum absolute atomic E-state index is 5.01. The Morgan fingerprint density at radius 1 is 1.32 bits per heavy atom. The summed E-state index contributed by atoms with van der Waals surface area (Å²) in [5.74, 6) is 0.940. The van der Waals surface area contributed by atoms with Gasteiger partial charge in [0.2, 0.25) is 0 Å². The molecule has 3 rings (SSSR count). The first-order valence-corrected chi connectivity index (χ1v) is 8.77. The summed E-state index contributed by atoms with van der Waals surface area (Å²) in [4.78, 5) is 6.58. The van der Waals surface area contributed by atoms with Crippen molar-refractivity contribution in [2.24, 2.45) is 5.92 Å². The minimum absolute atomic E-state index is 0.124. The number of rotatable bonds is 6. The lowest BCUT2D eigenvalue weighted by Crippen LogP contribution is -2.40. The van der Waals surface area contributed by atoms with Crippen LogP contribution >= 0.6 is 11.3 Å². The molecule has 2 aliphatic carbocycles. The Labute approximate surface area is 121 Å². The monoisotopic (exact) mass is 278 g/mol. The van der Waals surface area contributed by atoms with Crippen molar-refractivity contribution < 1.29 is 0 Å². The number of nitrogens with one attached hydrogen (secondary N) is 1. The second-order valence-electron chi connectivity index (χ2n) is 6.50. The molecule has 1 fully saturated rings. The highest BCUT2D eigenvalue weighted by Crippen LogP contribution is 2.42. The van der Waals surface area contributed by atoms with Crippen molar-refractivity contribution in [1.82, 2.24) is 10.3 Å². The Morgan fingerprint density at radius 3 is 2.79 bits per heavy atom. The lowest BCUT2D eigenvalue weighted by atomic mass is 9.95. The van der Waals surface area contributed by atoms with E-state index in [2.05, 4.69) is 19.2 Å². The summed E-state index contributed by atoms with van der Waals surface area (Å²) >= 11 is 1.99. The molecule has 1 heterocycles. The number of hydrogen-bond donors (Lipinski definition) is 1. The van der Waals surface area contributed by atoms with E-state index in [-0.39, 0.29) is 5.54 Å². The van der Waals surface area contributed by atoms with E-state index in [4.69, 9.17) is 4.98 Å². The summed E-state index contributed by atoms with van der Waals surface area (Å²) < 4.78 is 0. The predicted octanol–water partition coefficient (Wildman–Crippen LogP) is 4.04.